The number of phenolic OH excluding ortho intramolecular Hbond substituents is 2. The van der Waals surface area contributed by atoms with Crippen molar-refractivity contribution in [2.75, 3.05) is 0 Å². The van der Waals surface area contributed by atoms with Crippen LogP contribution < -0.4 is 0 Å². The van der Waals surface area contributed by atoms with Gasteiger partial charge in [0.05, 0.1) is 0 Å². The predicted molar refractivity (Wildman–Crippen MR) is 153 cm³/mol. The van der Waals surface area contributed by atoms with Crippen LogP contribution in [0.4, 0.5) is 0 Å². The standard InChI is InChI=1S/C36H36O2/c37-33-13-11-31(18-29(33)16-25-7-3-1-4-8-25)35-20-27-15-28(21-35)23-36(22-27,24-35)32-12-14-34(38)30(19-32)17-26-9-5-2-6-10-26/h1-14,18-19,27-28,37-38H,15-17,20-24H2. The second-order valence-electron chi connectivity index (χ2n) is 12.5. The molecule has 4 aromatic carbocycles. The lowest BCUT2D eigenvalue weighted by atomic mass is 9.41. The molecule has 0 aliphatic heterocycles. The summed E-state index contributed by atoms with van der Waals surface area (Å²) < 4.78 is 0. The third kappa shape index (κ3) is 4.11. The van der Waals surface area contributed by atoms with Crippen LogP contribution in [-0.2, 0) is 23.7 Å². The normalized spacial score (nSPS) is 27.5. The monoisotopic (exact) mass is 500 g/mol. The van der Waals surface area contributed by atoms with E-state index >= 15 is 0 Å². The molecule has 0 atom stereocenters. The number of hydrogen-bond acceptors (Lipinski definition) is 2. The Morgan fingerprint density at radius 3 is 1.39 bits per heavy atom. The molecule has 0 saturated heterocycles. The van der Waals surface area contributed by atoms with Gasteiger partial charge in [-0.1, -0.05) is 84.9 Å². The number of benzene rings is 4. The van der Waals surface area contributed by atoms with Crippen LogP contribution in [0.2, 0.25) is 0 Å². The van der Waals surface area contributed by atoms with E-state index in [1.165, 1.54) is 54.4 Å². The zero-order valence-electron chi connectivity index (χ0n) is 21.9. The van der Waals surface area contributed by atoms with Crippen molar-refractivity contribution in [3.05, 3.63) is 130 Å². The summed E-state index contributed by atoms with van der Waals surface area (Å²) in [6, 6.07) is 33.9. The SMILES string of the molecule is Oc1ccc(C23CC4CC(C2)CC(c2ccc(O)c(Cc5ccccc5)c2)(C4)C3)cc1Cc1ccccc1. The maximum absolute atomic E-state index is 10.8. The van der Waals surface area contributed by atoms with E-state index in [2.05, 4.69) is 72.8 Å². The van der Waals surface area contributed by atoms with E-state index in [1.54, 1.807) is 0 Å². The van der Waals surface area contributed by atoms with Crippen molar-refractivity contribution >= 4 is 0 Å². The van der Waals surface area contributed by atoms with E-state index in [0.717, 1.165) is 42.2 Å². The molecular weight excluding hydrogens is 464 g/mol. The number of hydrogen-bond donors (Lipinski definition) is 2. The molecule has 2 nitrogen and oxygen atoms in total. The molecule has 0 unspecified atom stereocenters. The molecule has 0 radical (unpaired) electrons. The lowest BCUT2D eigenvalue weighted by molar-refractivity contribution is -0.0282. The highest BCUT2D eigenvalue weighted by atomic mass is 16.3. The van der Waals surface area contributed by atoms with Gasteiger partial charge in [0, 0.05) is 12.8 Å². The first-order valence-corrected chi connectivity index (χ1v) is 14.2. The van der Waals surface area contributed by atoms with E-state index in [1.807, 2.05) is 24.3 Å². The Balaban J connectivity index is 1.24. The second kappa shape index (κ2) is 9.05. The molecule has 4 aliphatic carbocycles. The van der Waals surface area contributed by atoms with E-state index in [9.17, 15) is 10.2 Å². The van der Waals surface area contributed by atoms with Crippen LogP contribution in [0, 0.1) is 11.8 Å². The first-order chi connectivity index (χ1) is 18.5. The molecule has 4 bridgehead atoms. The van der Waals surface area contributed by atoms with Gasteiger partial charge in [0.15, 0.2) is 0 Å². The summed E-state index contributed by atoms with van der Waals surface area (Å²) in [5.74, 6) is 2.30. The highest BCUT2D eigenvalue weighted by Crippen LogP contribution is 2.66. The van der Waals surface area contributed by atoms with E-state index in [4.69, 9.17) is 0 Å². The summed E-state index contributed by atoms with van der Waals surface area (Å²) in [4.78, 5) is 0. The molecular formula is C36H36O2. The van der Waals surface area contributed by atoms with Gasteiger partial charge >= 0.3 is 0 Å². The van der Waals surface area contributed by atoms with Gasteiger partial charge in [0.25, 0.3) is 0 Å². The molecule has 4 aromatic rings. The van der Waals surface area contributed by atoms with Gasteiger partial charge in [0.1, 0.15) is 11.5 Å². The van der Waals surface area contributed by atoms with Gasteiger partial charge in [-0.15, -0.1) is 0 Å². The Morgan fingerprint density at radius 1 is 0.553 bits per heavy atom. The van der Waals surface area contributed by atoms with E-state index < -0.39 is 0 Å². The molecule has 0 heterocycles. The number of phenols is 2. The first kappa shape index (κ1) is 23.6. The number of rotatable bonds is 6. The fourth-order valence-electron chi connectivity index (χ4n) is 8.68. The summed E-state index contributed by atoms with van der Waals surface area (Å²) >= 11 is 0. The Bertz CT molecular complexity index is 1330. The summed E-state index contributed by atoms with van der Waals surface area (Å²) in [5.41, 5.74) is 7.71. The second-order valence-corrected chi connectivity index (χ2v) is 12.5. The molecule has 4 aliphatic rings. The van der Waals surface area contributed by atoms with Gasteiger partial charge in [-0.2, -0.15) is 0 Å². The maximum Gasteiger partial charge on any atom is 0.119 e. The molecule has 4 saturated carbocycles. The minimum Gasteiger partial charge on any atom is -0.508 e. The quantitative estimate of drug-likeness (QED) is 0.281. The third-order valence-electron chi connectivity index (χ3n) is 9.92. The average Bonchev–Trinajstić information content (AvgIpc) is 2.91. The van der Waals surface area contributed by atoms with Crippen molar-refractivity contribution in [2.24, 2.45) is 11.8 Å². The van der Waals surface area contributed by atoms with Gasteiger partial charge < -0.3 is 10.2 Å². The molecule has 0 amide bonds. The van der Waals surface area contributed by atoms with Crippen LogP contribution >= 0.6 is 0 Å². The molecule has 2 heteroatoms. The molecule has 8 rings (SSSR count). The van der Waals surface area contributed by atoms with Gasteiger partial charge in [-0.3, -0.25) is 0 Å². The Kier molecular flexibility index (Phi) is 5.62. The average molecular weight is 501 g/mol. The maximum atomic E-state index is 10.8. The van der Waals surface area contributed by atoms with Crippen LogP contribution in [0.1, 0.15) is 71.9 Å². The highest BCUT2D eigenvalue weighted by molar-refractivity contribution is 5.47. The Labute approximate surface area is 226 Å². The topological polar surface area (TPSA) is 40.5 Å². The lowest BCUT2D eigenvalue weighted by Crippen LogP contribution is -2.56. The van der Waals surface area contributed by atoms with Crippen molar-refractivity contribution in [1.29, 1.82) is 0 Å². The Hall–Kier alpha value is -3.52. The van der Waals surface area contributed by atoms with Crippen molar-refractivity contribution in [3.63, 3.8) is 0 Å². The molecule has 4 fully saturated rings. The summed E-state index contributed by atoms with van der Waals surface area (Å²) in [5, 5.41) is 21.5. The summed E-state index contributed by atoms with van der Waals surface area (Å²) in [6.45, 7) is 0. The van der Waals surface area contributed by atoms with Crippen LogP contribution in [-0.4, -0.2) is 10.2 Å². The van der Waals surface area contributed by atoms with E-state index in [0.29, 0.717) is 11.5 Å². The zero-order chi connectivity index (χ0) is 25.7. The molecule has 192 valence electrons. The summed E-state index contributed by atoms with van der Waals surface area (Å²) in [6.07, 6.45) is 9.08. The van der Waals surface area contributed by atoms with Crippen molar-refractivity contribution < 1.29 is 10.2 Å². The lowest BCUT2D eigenvalue weighted by Gasteiger charge is -2.63. The molecule has 0 aromatic heterocycles. The third-order valence-corrected chi connectivity index (χ3v) is 9.92. The van der Waals surface area contributed by atoms with Crippen LogP contribution in [0.15, 0.2) is 97.1 Å². The molecule has 0 spiro atoms. The van der Waals surface area contributed by atoms with Crippen LogP contribution in [0.25, 0.3) is 0 Å². The highest BCUT2D eigenvalue weighted by Gasteiger charge is 2.58. The van der Waals surface area contributed by atoms with Crippen molar-refractivity contribution in [2.45, 2.75) is 62.2 Å². The smallest absolute Gasteiger partial charge is 0.119 e. The fraction of sp³-hybridized carbons (Fsp3) is 0.333. The molecule has 38 heavy (non-hydrogen) atoms. The summed E-state index contributed by atoms with van der Waals surface area (Å²) in [7, 11) is 0. The van der Waals surface area contributed by atoms with Crippen LogP contribution in [0.5, 0.6) is 11.5 Å². The number of aromatic hydroxyl groups is 2. The first-order valence-electron chi connectivity index (χ1n) is 14.2. The minimum atomic E-state index is 0.167. The largest absolute Gasteiger partial charge is 0.508 e. The predicted octanol–water partition coefficient (Wildman–Crippen LogP) is 8.07. The Morgan fingerprint density at radius 2 is 0.974 bits per heavy atom. The van der Waals surface area contributed by atoms with Crippen LogP contribution in [0.3, 0.4) is 0 Å². The fourth-order valence-corrected chi connectivity index (χ4v) is 8.68. The van der Waals surface area contributed by atoms with Gasteiger partial charge in [-0.25, -0.2) is 0 Å². The van der Waals surface area contributed by atoms with Gasteiger partial charge in [-0.05, 0) is 107 Å². The molecule has 2 N–H and O–H groups in total. The van der Waals surface area contributed by atoms with Crippen molar-refractivity contribution in [1.82, 2.24) is 0 Å². The van der Waals surface area contributed by atoms with Crippen molar-refractivity contribution in [3.8, 4) is 11.5 Å². The zero-order valence-corrected chi connectivity index (χ0v) is 21.9. The van der Waals surface area contributed by atoms with E-state index in [-0.39, 0.29) is 10.8 Å². The minimum absolute atomic E-state index is 0.167. The van der Waals surface area contributed by atoms with Gasteiger partial charge in [0.2, 0.25) is 0 Å².